The Morgan fingerprint density at radius 1 is 1.44 bits per heavy atom. The molecule has 0 fully saturated rings. The van der Waals surface area contributed by atoms with Crippen LogP contribution in [0.5, 0.6) is 0 Å². The Hall–Kier alpha value is -0.880. The fourth-order valence-corrected chi connectivity index (χ4v) is 2.30. The van der Waals surface area contributed by atoms with Crippen molar-refractivity contribution in [3.05, 3.63) is 57.2 Å². The normalized spacial score (nSPS) is 12.7. The van der Waals surface area contributed by atoms with E-state index in [-0.39, 0.29) is 17.1 Å². The van der Waals surface area contributed by atoms with Crippen LogP contribution in [0.4, 0.5) is 4.39 Å². The molecule has 6 heteroatoms. The standard InChI is InChI=1S/C12H11BrClFN2O/c13-8-2-1-7(10(15)6-8)5-11(17-16)9-3-4-18-12(9)14/h1-4,6,11,17H,5,16H2. The number of benzene rings is 1. The molecule has 3 nitrogen and oxygen atoms in total. The highest BCUT2D eigenvalue weighted by molar-refractivity contribution is 9.10. The fraction of sp³-hybridized carbons (Fsp3) is 0.167. The van der Waals surface area contributed by atoms with E-state index in [1.54, 1.807) is 18.2 Å². The van der Waals surface area contributed by atoms with E-state index in [1.807, 2.05) is 0 Å². The summed E-state index contributed by atoms with van der Waals surface area (Å²) < 4.78 is 19.4. The molecular formula is C12H11BrClFN2O. The Bertz CT molecular complexity index is 547. The lowest BCUT2D eigenvalue weighted by Crippen LogP contribution is -2.29. The van der Waals surface area contributed by atoms with E-state index < -0.39 is 0 Å². The molecule has 0 saturated carbocycles. The van der Waals surface area contributed by atoms with Gasteiger partial charge < -0.3 is 4.42 Å². The summed E-state index contributed by atoms with van der Waals surface area (Å²) in [6.07, 6.45) is 1.86. The van der Waals surface area contributed by atoms with Crippen molar-refractivity contribution in [3.63, 3.8) is 0 Å². The van der Waals surface area contributed by atoms with Gasteiger partial charge >= 0.3 is 0 Å². The number of nitrogens with one attached hydrogen (secondary N) is 1. The lowest BCUT2D eigenvalue weighted by molar-refractivity contribution is 0.514. The third-order valence-corrected chi connectivity index (χ3v) is 3.46. The van der Waals surface area contributed by atoms with Gasteiger partial charge in [-0.1, -0.05) is 22.0 Å². The lowest BCUT2D eigenvalue weighted by atomic mass is 10.0. The summed E-state index contributed by atoms with van der Waals surface area (Å²) in [5.74, 6) is 5.19. The van der Waals surface area contributed by atoms with Crippen molar-refractivity contribution in [1.82, 2.24) is 5.43 Å². The molecule has 0 aliphatic carbocycles. The highest BCUT2D eigenvalue weighted by Gasteiger charge is 2.18. The molecule has 18 heavy (non-hydrogen) atoms. The van der Waals surface area contributed by atoms with Crippen molar-refractivity contribution in [2.75, 3.05) is 0 Å². The van der Waals surface area contributed by atoms with E-state index >= 15 is 0 Å². The second-order valence-corrected chi connectivity index (χ2v) is 5.07. The van der Waals surface area contributed by atoms with E-state index in [4.69, 9.17) is 21.9 Å². The second-order valence-electron chi connectivity index (χ2n) is 3.81. The molecule has 3 N–H and O–H groups in total. The molecule has 2 aromatic rings. The maximum atomic E-state index is 13.7. The second kappa shape index (κ2) is 5.84. The smallest absolute Gasteiger partial charge is 0.197 e. The zero-order valence-corrected chi connectivity index (χ0v) is 11.6. The molecule has 0 radical (unpaired) electrons. The van der Waals surface area contributed by atoms with Crippen molar-refractivity contribution >= 4 is 27.5 Å². The van der Waals surface area contributed by atoms with Gasteiger partial charge in [-0.05, 0) is 41.8 Å². The van der Waals surface area contributed by atoms with Gasteiger partial charge in [-0.15, -0.1) is 0 Å². The summed E-state index contributed by atoms with van der Waals surface area (Å²) in [6, 6.07) is 6.32. The van der Waals surface area contributed by atoms with Crippen LogP contribution < -0.4 is 11.3 Å². The minimum atomic E-state index is -0.299. The Balaban J connectivity index is 2.23. The Morgan fingerprint density at radius 2 is 2.22 bits per heavy atom. The minimum Gasteiger partial charge on any atom is -0.453 e. The first kappa shape index (κ1) is 13.5. The van der Waals surface area contributed by atoms with Crippen molar-refractivity contribution in [2.45, 2.75) is 12.5 Å². The third-order valence-electron chi connectivity index (χ3n) is 2.66. The molecule has 1 aromatic carbocycles. The van der Waals surface area contributed by atoms with Crippen LogP contribution in [-0.2, 0) is 6.42 Å². The van der Waals surface area contributed by atoms with Crippen LogP contribution in [0.3, 0.4) is 0 Å². The van der Waals surface area contributed by atoms with Crippen LogP contribution in [-0.4, -0.2) is 0 Å². The van der Waals surface area contributed by atoms with Crippen LogP contribution in [0.1, 0.15) is 17.2 Å². The maximum absolute atomic E-state index is 13.7. The molecule has 1 aromatic heterocycles. The Labute approximate surface area is 117 Å². The molecule has 96 valence electrons. The lowest BCUT2D eigenvalue weighted by Gasteiger charge is -2.15. The average molecular weight is 334 g/mol. The Kier molecular flexibility index (Phi) is 4.40. The predicted octanol–water partition coefficient (Wildman–Crippen LogP) is 3.58. The first-order valence-corrected chi connectivity index (χ1v) is 6.42. The first-order valence-electron chi connectivity index (χ1n) is 5.24. The monoisotopic (exact) mass is 332 g/mol. The van der Waals surface area contributed by atoms with Gasteiger partial charge in [0.25, 0.3) is 0 Å². The van der Waals surface area contributed by atoms with Crippen molar-refractivity contribution in [1.29, 1.82) is 0 Å². The molecular weight excluding hydrogens is 322 g/mol. The van der Waals surface area contributed by atoms with E-state index in [1.165, 1.54) is 12.3 Å². The molecule has 0 aliphatic rings. The molecule has 0 aliphatic heterocycles. The van der Waals surface area contributed by atoms with Crippen LogP contribution in [0.15, 0.2) is 39.4 Å². The summed E-state index contributed by atoms with van der Waals surface area (Å²) in [5.41, 5.74) is 3.88. The molecule has 0 saturated heterocycles. The minimum absolute atomic E-state index is 0.260. The first-order chi connectivity index (χ1) is 8.61. The molecule has 2 rings (SSSR count). The highest BCUT2D eigenvalue weighted by Crippen LogP contribution is 2.27. The SMILES string of the molecule is NNC(Cc1ccc(Br)cc1F)c1ccoc1Cl. The zero-order valence-electron chi connectivity index (χ0n) is 9.29. The van der Waals surface area contributed by atoms with E-state index in [0.717, 1.165) is 0 Å². The van der Waals surface area contributed by atoms with Gasteiger partial charge in [0, 0.05) is 10.0 Å². The number of halogens is 3. The van der Waals surface area contributed by atoms with Gasteiger partial charge in [0.1, 0.15) is 5.82 Å². The quantitative estimate of drug-likeness (QED) is 0.664. The number of furan rings is 1. The van der Waals surface area contributed by atoms with Gasteiger partial charge in [0.05, 0.1) is 12.3 Å². The van der Waals surface area contributed by atoms with Gasteiger partial charge in [-0.25, -0.2) is 4.39 Å². The largest absolute Gasteiger partial charge is 0.453 e. The van der Waals surface area contributed by atoms with Gasteiger partial charge in [-0.2, -0.15) is 0 Å². The summed E-state index contributed by atoms with van der Waals surface area (Å²) in [6.45, 7) is 0. The summed E-state index contributed by atoms with van der Waals surface area (Å²) >= 11 is 9.09. The fourth-order valence-electron chi connectivity index (χ4n) is 1.72. The highest BCUT2D eigenvalue weighted by atomic mass is 79.9. The third kappa shape index (κ3) is 2.92. The van der Waals surface area contributed by atoms with Crippen LogP contribution in [0.25, 0.3) is 0 Å². The summed E-state index contributed by atoms with van der Waals surface area (Å²) in [4.78, 5) is 0. The maximum Gasteiger partial charge on any atom is 0.197 e. The van der Waals surface area contributed by atoms with Crippen molar-refractivity contribution in [2.24, 2.45) is 5.84 Å². The van der Waals surface area contributed by atoms with Crippen molar-refractivity contribution in [3.8, 4) is 0 Å². The van der Waals surface area contributed by atoms with Crippen molar-refractivity contribution < 1.29 is 8.81 Å². The van der Waals surface area contributed by atoms with Crippen LogP contribution >= 0.6 is 27.5 Å². The topological polar surface area (TPSA) is 51.2 Å². The van der Waals surface area contributed by atoms with E-state index in [0.29, 0.717) is 22.0 Å². The summed E-state index contributed by atoms with van der Waals surface area (Å²) in [7, 11) is 0. The van der Waals surface area contributed by atoms with Gasteiger partial charge in [0.15, 0.2) is 5.22 Å². The zero-order chi connectivity index (χ0) is 13.1. The summed E-state index contributed by atoms with van der Waals surface area (Å²) in [5, 5.41) is 0.260. The molecule has 0 spiro atoms. The van der Waals surface area contributed by atoms with Gasteiger partial charge in [0.2, 0.25) is 0 Å². The number of rotatable bonds is 4. The predicted molar refractivity (Wildman–Crippen MR) is 71.6 cm³/mol. The Morgan fingerprint density at radius 3 is 2.78 bits per heavy atom. The molecule has 0 amide bonds. The van der Waals surface area contributed by atoms with E-state index in [2.05, 4.69) is 21.4 Å². The van der Waals surface area contributed by atoms with E-state index in [9.17, 15) is 4.39 Å². The average Bonchev–Trinajstić information content (AvgIpc) is 2.75. The van der Waals surface area contributed by atoms with Gasteiger partial charge in [-0.3, -0.25) is 11.3 Å². The number of hydrogen-bond donors (Lipinski definition) is 2. The van der Waals surface area contributed by atoms with Crippen LogP contribution in [0, 0.1) is 5.82 Å². The number of hydrazine groups is 1. The number of nitrogens with two attached hydrogens (primary N) is 1. The molecule has 0 bridgehead atoms. The molecule has 1 unspecified atom stereocenters. The molecule has 1 atom stereocenters. The molecule has 1 heterocycles. The van der Waals surface area contributed by atoms with Crippen LogP contribution in [0.2, 0.25) is 5.22 Å². The number of hydrogen-bond acceptors (Lipinski definition) is 3.